The van der Waals surface area contributed by atoms with Gasteiger partial charge in [0.1, 0.15) is 17.7 Å². The van der Waals surface area contributed by atoms with Crippen LogP contribution in [-0.4, -0.2) is 54.7 Å². The SMILES string of the molecule is C.Nc1nc(Cl)nc2c1ncn2[C@H]1O[C@H](CO)C(O)[C@H]1F. The second kappa shape index (κ2) is 5.68. The molecule has 0 aliphatic carbocycles. The van der Waals surface area contributed by atoms with Crippen LogP contribution in [0.2, 0.25) is 5.28 Å². The lowest BCUT2D eigenvalue weighted by atomic mass is 10.1. The van der Waals surface area contributed by atoms with Crippen LogP contribution in [0.1, 0.15) is 13.7 Å². The Morgan fingerprint density at radius 2 is 2.19 bits per heavy atom. The average molecular weight is 320 g/mol. The van der Waals surface area contributed by atoms with Gasteiger partial charge >= 0.3 is 0 Å². The quantitative estimate of drug-likeness (QED) is 0.680. The standard InChI is InChI=1S/C10H11ClFN5O3.CH4/c11-10-15-7(13)5-8(16-10)17(2-14-5)9-4(12)6(19)3(1-18)20-9;/h2-4,6,9,18-19H,1H2,(H2,13,15,16);1H4/t3-,4-,6?,9+;/m1./s1. The highest BCUT2D eigenvalue weighted by Gasteiger charge is 2.45. The molecular weight excluding hydrogens is 305 g/mol. The lowest BCUT2D eigenvalue weighted by Crippen LogP contribution is -2.30. The predicted octanol–water partition coefficient (Wildman–Crippen LogP) is 0.287. The van der Waals surface area contributed by atoms with Gasteiger partial charge in [-0.05, 0) is 11.6 Å². The van der Waals surface area contributed by atoms with Gasteiger partial charge in [-0.3, -0.25) is 4.57 Å². The zero-order valence-electron chi connectivity index (χ0n) is 10.0. The predicted molar refractivity (Wildman–Crippen MR) is 73.4 cm³/mol. The molecule has 0 saturated carbocycles. The van der Waals surface area contributed by atoms with E-state index in [0.717, 1.165) is 0 Å². The molecule has 1 aliphatic heterocycles. The van der Waals surface area contributed by atoms with Crippen molar-refractivity contribution < 1.29 is 19.3 Å². The number of alkyl halides is 1. The van der Waals surface area contributed by atoms with Gasteiger partial charge in [0, 0.05) is 0 Å². The molecule has 0 spiro atoms. The molecule has 0 amide bonds. The fourth-order valence-corrected chi connectivity index (χ4v) is 2.35. The van der Waals surface area contributed by atoms with Gasteiger partial charge in [0.2, 0.25) is 5.28 Å². The van der Waals surface area contributed by atoms with Crippen molar-refractivity contribution >= 4 is 28.6 Å². The average Bonchev–Trinajstić information content (AvgIpc) is 2.93. The Morgan fingerprint density at radius 1 is 1.48 bits per heavy atom. The van der Waals surface area contributed by atoms with E-state index >= 15 is 0 Å². The summed E-state index contributed by atoms with van der Waals surface area (Å²) in [5.74, 6) is 0.0615. The van der Waals surface area contributed by atoms with E-state index in [1.807, 2.05) is 0 Å². The topological polar surface area (TPSA) is 119 Å². The fourth-order valence-electron chi connectivity index (χ4n) is 2.18. The molecule has 0 bridgehead atoms. The lowest BCUT2D eigenvalue weighted by Gasteiger charge is -2.15. The first-order chi connectivity index (χ1) is 9.52. The highest BCUT2D eigenvalue weighted by molar-refractivity contribution is 6.28. The van der Waals surface area contributed by atoms with Gasteiger partial charge in [-0.25, -0.2) is 9.37 Å². The third-order valence-electron chi connectivity index (χ3n) is 3.17. The van der Waals surface area contributed by atoms with Gasteiger partial charge in [-0.15, -0.1) is 0 Å². The number of fused-ring (bicyclic) bond motifs is 1. The van der Waals surface area contributed by atoms with Crippen molar-refractivity contribution in [1.29, 1.82) is 0 Å². The van der Waals surface area contributed by atoms with Crippen LogP contribution >= 0.6 is 11.6 Å². The summed E-state index contributed by atoms with van der Waals surface area (Å²) in [6.45, 7) is -0.497. The maximum atomic E-state index is 14.1. The summed E-state index contributed by atoms with van der Waals surface area (Å²) in [6.07, 6.45) is -4.08. The number of nitrogens with two attached hydrogens (primary N) is 1. The molecule has 0 aromatic carbocycles. The van der Waals surface area contributed by atoms with Crippen molar-refractivity contribution in [1.82, 2.24) is 19.5 Å². The van der Waals surface area contributed by atoms with Crippen LogP contribution in [0, 0.1) is 0 Å². The summed E-state index contributed by atoms with van der Waals surface area (Å²) in [7, 11) is 0. The molecule has 1 aliphatic rings. The van der Waals surface area contributed by atoms with Gasteiger partial charge in [-0.2, -0.15) is 9.97 Å². The van der Waals surface area contributed by atoms with Crippen LogP contribution < -0.4 is 5.73 Å². The fraction of sp³-hybridized carbons (Fsp3) is 0.545. The number of imidazole rings is 1. The van der Waals surface area contributed by atoms with Crippen molar-refractivity contribution in [2.24, 2.45) is 0 Å². The molecule has 1 saturated heterocycles. The third kappa shape index (κ3) is 2.42. The Hall–Kier alpha value is -1.55. The first-order valence-electron chi connectivity index (χ1n) is 5.77. The second-order valence-corrected chi connectivity index (χ2v) is 4.72. The van der Waals surface area contributed by atoms with Crippen LogP contribution in [0.4, 0.5) is 10.2 Å². The summed E-state index contributed by atoms with van der Waals surface area (Å²) in [6, 6.07) is 0. The maximum absolute atomic E-state index is 14.1. The largest absolute Gasteiger partial charge is 0.394 e. The first-order valence-corrected chi connectivity index (χ1v) is 6.14. The minimum Gasteiger partial charge on any atom is -0.394 e. The molecule has 4 N–H and O–H groups in total. The number of nitrogens with zero attached hydrogens (tertiary/aromatic N) is 4. The van der Waals surface area contributed by atoms with Crippen molar-refractivity contribution in [2.75, 3.05) is 12.3 Å². The third-order valence-corrected chi connectivity index (χ3v) is 3.34. The lowest BCUT2D eigenvalue weighted by molar-refractivity contribution is -0.0459. The zero-order chi connectivity index (χ0) is 14.4. The van der Waals surface area contributed by atoms with Crippen LogP contribution in [0.5, 0.6) is 0 Å². The number of halogens is 2. The number of aliphatic hydroxyl groups excluding tert-OH is 2. The second-order valence-electron chi connectivity index (χ2n) is 4.38. The van der Waals surface area contributed by atoms with Crippen LogP contribution in [0.3, 0.4) is 0 Å². The van der Waals surface area contributed by atoms with E-state index in [2.05, 4.69) is 15.0 Å². The molecule has 4 atom stereocenters. The van der Waals surface area contributed by atoms with Crippen molar-refractivity contribution in [3.05, 3.63) is 11.6 Å². The van der Waals surface area contributed by atoms with Gasteiger partial charge < -0.3 is 20.7 Å². The van der Waals surface area contributed by atoms with Crippen LogP contribution in [0.25, 0.3) is 11.2 Å². The van der Waals surface area contributed by atoms with E-state index in [1.165, 1.54) is 10.9 Å². The van der Waals surface area contributed by atoms with E-state index in [1.54, 1.807) is 0 Å². The highest BCUT2D eigenvalue weighted by atomic mass is 35.5. The molecule has 8 nitrogen and oxygen atoms in total. The number of aliphatic hydroxyl groups is 2. The van der Waals surface area contributed by atoms with Crippen LogP contribution in [-0.2, 0) is 4.74 Å². The minimum absolute atomic E-state index is 0. The number of anilines is 1. The molecule has 2 aromatic rings. The van der Waals surface area contributed by atoms with E-state index in [0.29, 0.717) is 0 Å². The Kier molecular flexibility index (Phi) is 4.28. The molecular formula is C11H15ClFN5O3. The zero-order valence-corrected chi connectivity index (χ0v) is 10.8. The van der Waals surface area contributed by atoms with Crippen molar-refractivity contribution in [2.45, 2.75) is 32.0 Å². The first kappa shape index (κ1) is 15.8. The normalized spacial score (nSPS) is 28.8. The number of nitrogen functional groups attached to an aromatic ring is 1. The van der Waals surface area contributed by atoms with E-state index in [4.69, 9.17) is 27.2 Å². The molecule has 3 rings (SSSR count). The molecule has 10 heteroatoms. The molecule has 2 aromatic heterocycles. The Balaban J connectivity index is 0.00000161. The smallest absolute Gasteiger partial charge is 0.226 e. The highest BCUT2D eigenvalue weighted by Crippen LogP contribution is 2.34. The van der Waals surface area contributed by atoms with Gasteiger partial charge in [-0.1, -0.05) is 7.43 Å². The number of ether oxygens (including phenoxy) is 1. The van der Waals surface area contributed by atoms with Crippen molar-refractivity contribution in [3.8, 4) is 0 Å². The molecule has 21 heavy (non-hydrogen) atoms. The summed E-state index contributed by atoms with van der Waals surface area (Å²) in [5, 5.41) is 18.6. The maximum Gasteiger partial charge on any atom is 0.226 e. The Morgan fingerprint density at radius 3 is 2.81 bits per heavy atom. The van der Waals surface area contributed by atoms with Gasteiger partial charge in [0.25, 0.3) is 0 Å². The van der Waals surface area contributed by atoms with Gasteiger partial charge in [0.05, 0.1) is 12.9 Å². The molecule has 3 heterocycles. The molecule has 0 radical (unpaired) electrons. The summed E-state index contributed by atoms with van der Waals surface area (Å²) in [5.41, 5.74) is 6.10. The van der Waals surface area contributed by atoms with E-state index < -0.39 is 31.2 Å². The number of rotatable bonds is 2. The number of hydrogen-bond donors (Lipinski definition) is 3. The van der Waals surface area contributed by atoms with Gasteiger partial charge in [0.15, 0.2) is 23.9 Å². The van der Waals surface area contributed by atoms with E-state index in [-0.39, 0.29) is 29.7 Å². The summed E-state index contributed by atoms with van der Waals surface area (Å²) >= 11 is 5.71. The van der Waals surface area contributed by atoms with Crippen molar-refractivity contribution in [3.63, 3.8) is 0 Å². The monoisotopic (exact) mass is 319 g/mol. The molecule has 1 unspecified atom stereocenters. The summed E-state index contributed by atoms with van der Waals surface area (Å²) < 4.78 is 20.6. The Labute approximate surface area is 124 Å². The number of hydrogen-bond acceptors (Lipinski definition) is 7. The molecule has 1 fully saturated rings. The van der Waals surface area contributed by atoms with Crippen LogP contribution in [0.15, 0.2) is 6.33 Å². The Bertz CT molecular complexity index is 654. The summed E-state index contributed by atoms with van der Waals surface area (Å²) in [4.78, 5) is 11.7. The minimum atomic E-state index is -1.74. The van der Waals surface area contributed by atoms with E-state index in [9.17, 15) is 9.50 Å². The number of aromatic nitrogens is 4. The molecule has 116 valence electrons.